The second-order valence-electron chi connectivity index (χ2n) is 9.95. The minimum atomic E-state index is 0.194. The van der Waals surface area contributed by atoms with Crippen LogP contribution in [0.15, 0.2) is 46.9 Å². The second kappa shape index (κ2) is 8.67. The Morgan fingerprint density at radius 1 is 1.13 bits per heavy atom. The molecule has 0 aliphatic heterocycles. The Kier molecular flexibility index (Phi) is 6.07. The molecule has 0 N–H and O–H groups in total. The Morgan fingerprint density at radius 3 is 2.71 bits per heavy atom. The molecule has 0 spiro atoms. The molecule has 5 rings (SSSR count). The zero-order valence-electron chi connectivity index (χ0n) is 18.1. The summed E-state index contributed by atoms with van der Waals surface area (Å²) in [5.41, 5.74) is 4.36. The topological polar surface area (TPSA) is 26.3 Å². The number of hydrogen-bond acceptors (Lipinski definition) is 2. The number of Topliss-reactive ketones (excluding diaryl/α,β-unsaturated/α-hetero) is 1. The van der Waals surface area contributed by atoms with Gasteiger partial charge in [-0.15, -0.1) is 0 Å². The fourth-order valence-corrected chi connectivity index (χ4v) is 7.91. The van der Waals surface area contributed by atoms with Crippen LogP contribution in [0.3, 0.4) is 0 Å². The van der Waals surface area contributed by atoms with E-state index in [4.69, 9.17) is 4.74 Å². The van der Waals surface area contributed by atoms with Gasteiger partial charge in [-0.1, -0.05) is 53.2 Å². The molecule has 31 heavy (non-hydrogen) atoms. The summed E-state index contributed by atoms with van der Waals surface area (Å²) in [6, 6.07) is 15.0. The lowest BCUT2D eigenvalue weighted by atomic mass is 9.54. The van der Waals surface area contributed by atoms with Crippen molar-refractivity contribution in [1.29, 1.82) is 0 Å². The first-order valence-electron chi connectivity index (χ1n) is 11.6. The van der Waals surface area contributed by atoms with E-state index in [0.29, 0.717) is 35.5 Å². The van der Waals surface area contributed by atoms with Crippen molar-refractivity contribution in [3.05, 3.63) is 63.6 Å². The molecule has 2 fully saturated rings. The third-order valence-corrected chi connectivity index (χ3v) is 9.71. The van der Waals surface area contributed by atoms with Gasteiger partial charge in [0.25, 0.3) is 0 Å². The van der Waals surface area contributed by atoms with Gasteiger partial charge in [-0.25, -0.2) is 0 Å². The summed E-state index contributed by atoms with van der Waals surface area (Å²) >= 11 is 7.23. The fourth-order valence-electron chi connectivity index (χ4n) is 7.04. The van der Waals surface area contributed by atoms with Crippen LogP contribution in [0, 0.1) is 23.2 Å². The number of carbonyl (C=O) groups excluding carboxylic acids is 1. The lowest BCUT2D eigenvalue weighted by molar-refractivity contribution is -0.125. The van der Waals surface area contributed by atoms with E-state index in [2.05, 4.69) is 75.2 Å². The average molecular weight is 546 g/mol. The van der Waals surface area contributed by atoms with Crippen LogP contribution in [0.1, 0.15) is 61.6 Å². The van der Waals surface area contributed by atoms with Gasteiger partial charge < -0.3 is 4.74 Å². The maximum absolute atomic E-state index is 12.6. The van der Waals surface area contributed by atoms with Gasteiger partial charge >= 0.3 is 0 Å². The molecule has 2 nitrogen and oxygen atoms in total. The summed E-state index contributed by atoms with van der Waals surface area (Å²) in [5.74, 6) is 3.63. The number of ether oxygens (including phenoxy) is 1. The molecule has 3 aliphatic carbocycles. The predicted octanol–water partition coefficient (Wildman–Crippen LogP) is 7.46. The third kappa shape index (κ3) is 3.82. The van der Waals surface area contributed by atoms with Crippen LogP contribution in [-0.4, -0.2) is 11.1 Å². The van der Waals surface area contributed by atoms with E-state index in [1.54, 1.807) is 0 Å². The number of benzene rings is 2. The minimum Gasteiger partial charge on any atom is -0.488 e. The van der Waals surface area contributed by atoms with Crippen molar-refractivity contribution in [2.45, 2.75) is 58.0 Å². The van der Waals surface area contributed by atoms with Gasteiger partial charge in [0.1, 0.15) is 18.1 Å². The highest BCUT2D eigenvalue weighted by atomic mass is 79.9. The smallest absolute Gasteiger partial charge is 0.147 e. The maximum Gasteiger partial charge on any atom is 0.147 e. The Morgan fingerprint density at radius 2 is 1.94 bits per heavy atom. The molecule has 2 aromatic rings. The van der Waals surface area contributed by atoms with Crippen molar-refractivity contribution >= 4 is 37.6 Å². The predicted molar refractivity (Wildman–Crippen MR) is 132 cm³/mol. The molecule has 0 unspecified atom stereocenters. The quantitative estimate of drug-likeness (QED) is 0.364. The van der Waals surface area contributed by atoms with E-state index in [1.165, 1.54) is 42.4 Å². The molecule has 0 heterocycles. The summed E-state index contributed by atoms with van der Waals surface area (Å²) in [7, 11) is 0. The standard InChI is InChI=1S/C27H30Br2O2/c1-27-12-11-19-20(22(27)9-10-23(27)25(30)15-28)8-7-18-13-26(24(29)14-21(18)19)31-16-17-5-3-2-4-6-17/h2-6,13-14,19-20,22-23H,7-12,15-16H2,1H3/t19-,20+,22-,23+,27-/m0/s1. The Labute approximate surface area is 202 Å². The normalized spacial score (nSPS) is 31.5. The van der Waals surface area contributed by atoms with E-state index < -0.39 is 0 Å². The van der Waals surface area contributed by atoms with Crippen molar-refractivity contribution in [2.24, 2.45) is 23.2 Å². The molecular formula is C27H30Br2O2. The number of aryl methyl sites for hydroxylation is 1. The lowest BCUT2D eigenvalue weighted by Gasteiger charge is -2.50. The third-order valence-electron chi connectivity index (χ3n) is 8.53. The summed E-state index contributed by atoms with van der Waals surface area (Å²) in [4.78, 5) is 12.6. The number of rotatable bonds is 5. The number of carbonyl (C=O) groups is 1. The van der Waals surface area contributed by atoms with Crippen LogP contribution in [0.4, 0.5) is 0 Å². The van der Waals surface area contributed by atoms with Gasteiger partial charge in [0.2, 0.25) is 0 Å². The molecule has 0 radical (unpaired) electrons. The molecule has 2 saturated carbocycles. The van der Waals surface area contributed by atoms with Crippen LogP contribution >= 0.6 is 31.9 Å². The number of halogens is 2. The van der Waals surface area contributed by atoms with Gasteiger partial charge in [0.15, 0.2) is 0 Å². The Balaban J connectivity index is 1.37. The molecule has 5 atom stereocenters. The van der Waals surface area contributed by atoms with Crippen LogP contribution in [0.2, 0.25) is 0 Å². The van der Waals surface area contributed by atoms with E-state index in [0.717, 1.165) is 23.1 Å². The van der Waals surface area contributed by atoms with E-state index in [9.17, 15) is 4.79 Å². The zero-order chi connectivity index (χ0) is 21.6. The van der Waals surface area contributed by atoms with Gasteiger partial charge in [-0.3, -0.25) is 4.79 Å². The molecule has 2 aromatic carbocycles. The fraction of sp³-hybridized carbons (Fsp3) is 0.519. The van der Waals surface area contributed by atoms with E-state index >= 15 is 0 Å². The van der Waals surface area contributed by atoms with Gasteiger partial charge in [0, 0.05) is 5.92 Å². The largest absolute Gasteiger partial charge is 0.488 e. The van der Waals surface area contributed by atoms with Crippen molar-refractivity contribution in [3.63, 3.8) is 0 Å². The van der Waals surface area contributed by atoms with E-state index in [1.807, 2.05) is 6.07 Å². The number of fused-ring (bicyclic) bond motifs is 5. The zero-order valence-corrected chi connectivity index (χ0v) is 21.3. The molecule has 0 amide bonds. The highest BCUT2D eigenvalue weighted by Gasteiger charge is 2.56. The summed E-state index contributed by atoms with van der Waals surface area (Å²) in [6.07, 6.45) is 7.04. The molecule has 3 aliphatic rings. The highest BCUT2D eigenvalue weighted by Crippen LogP contribution is 2.63. The maximum atomic E-state index is 12.6. The van der Waals surface area contributed by atoms with Crippen LogP contribution in [0.25, 0.3) is 0 Å². The summed E-state index contributed by atoms with van der Waals surface area (Å²) < 4.78 is 7.24. The highest BCUT2D eigenvalue weighted by molar-refractivity contribution is 9.10. The first-order valence-corrected chi connectivity index (χ1v) is 13.5. The molecule has 4 heteroatoms. The van der Waals surface area contributed by atoms with Crippen LogP contribution < -0.4 is 4.74 Å². The number of alkyl halides is 1. The second-order valence-corrected chi connectivity index (χ2v) is 11.4. The van der Waals surface area contributed by atoms with Gasteiger partial charge in [-0.2, -0.15) is 0 Å². The van der Waals surface area contributed by atoms with Crippen molar-refractivity contribution < 1.29 is 9.53 Å². The van der Waals surface area contributed by atoms with Gasteiger partial charge in [0.05, 0.1) is 9.80 Å². The SMILES string of the molecule is C[C@]12CC[C@@H]3c4cc(Br)c(OCc5ccccc5)cc4CC[C@H]3[C@@H]1CC[C@@H]2C(=O)CBr. The monoisotopic (exact) mass is 544 g/mol. The molecule has 0 bridgehead atoms. The van der Waals surface area contributed by atoms with Crippen molar-refractivity contribution in [1.82, 2.24) is 0 Å². The minimum absolute atomic E-state index is 0.194. The van der Waals surface area contributed by atoms with Crippen LogP contribution in [0.5, 0.6) is 5.75 Å². The summed E-state index contributed by atoms with van der Waals surface area (Å²) in [5, 5.41) is 0.510. The first-order chi connectivity index (χ1) is 15.0. The molecule has 0 aromatic heterocycles. The number of hydrogen-bond donors (Lipinski definition) is 0. The molecule has 0 saturated heterocycles. The van der Waals surface area contributed by atoms with Crippen LogP contribution in [-0.2, 0) is 17.8 Å². The van der Waals surface area contributed by atoms with Crippen molar-refractivity contribution in [2.75, 3.05) is 5.33 Å². The molecular weight excluding hydrogens is 516 g/mol. The Hall–Kier alpha value is -1.13. The summed E-state index contributed by atoms with van der Waals surface area (Å²) in [6.45, 7) is 3.01. The van der Waals surface area contributed by atoms with Crippen molar-refractivity contribution in [3.8, 4) is 5.75 Å². The molecule has 164 valence electrons. The van der Waals surface area contributed by atoms with Gasteiger partial charge in [-0.05, 0) is 106 Å². The lowest BCUT2D eigenvalue weighted by Crippen LogP contribution is -2.44. The number of ketones is 1. The Bertz CT molecular complexity index is 973. The average Bonchev–Trinajstić information content (AvgIpc) is 3.15. The van der Waals surface area contributed by atoms with E-state index in [-0.39, 0.29) is 11.3 Å². The first kappa shape index (κ1) is 21.7.